The number of benzene rings is 1. The maximum atomic E-state index is 12.1. The van der Waals surface area contributed by atoms with E-state index in [1.165, 1.54) is 0 Å². The normalized spacial score (nSPS) is 19.4. The standard InChI is InChI=1S/C17H20N4O/c22-17(14-6-7-14)20-10-8-13(9-11-20)16-19-18-12-21(16)15-4-2-1-3-5-15/h1-5,12-14H,6-11H2. The molecule has 4 rings (SSSR count). The lowest BCUT2D eigenvalue weighted by atomic mass is 9.95. The highest BCUT2D eigenvalue weighted by atomic mass is 16.2. The molecule has 0 radical (unpaired) electrons. The Morgan fingerprint density at radius 2 is 1.77 bits per heavy atom. The monoisotopic (exact) mass is 296 g/mol. The molecule has 5 heteroatoms. The fraction of sp³-hybridized carbons (Fsp3) is 0.471. The van der Waals surface area contributed by atoms with Crippen LogP contribution in [-0.4, -0.2) is 38.7 Å². The summed E-state index contributed by atoms with van der Waals surface area (Å²) in [5.41, 5.74) is 1.10. The molecule has 2 aromatic rings. The van der Waals surface area contributed by atoms with E-state index in [9.17, 15) is 4.79 Å². The minimum absolute atomic E-state index is 0.324. The first-order valence-electron chi connectivity index (χ1n) is 8.07. The molecule has 0 spiro atoms. The number of hydrogen-bond acceptors (Lipinski definition) is 3. The minimum Gasteiger partial charge on any atom is -0.342 e. The quantitative estimate of drug-likeness (QED) is 0.874. The van der Waals surface area contributed by atoms with Gasteiger partial charge < -0.3 is 4.90 Å². The van der Waals surface area contributed by atoms with E-state index in [2.05, 4.69) is 26.9 Å². The van der Waals surface area contributed by atoms with Crippen LogP contribution in [0.2, 0.25) is 0 Å². The van der Waals surface area contributed by atoms with Gasteiger partial charge in [0.1, 0.15) is 12.2 Å². The van der Waals surface area contributed by atoms with E-state index in [-0.39, 0.29) is 0 Å². The number of carbonyl (C=O) groups is 1. The summed E-state index contributed by atoms with van der Waals surface area (Å²) in [5, 5.41) is 8.44. The SMILES string of the molecule is O=C(C1CC1)N1CCC(c2nncn2-c2ccccc2)CC1. The van der Waals surface area contributed by atoms with Crippen molar-refractivity contribution in [1.29, 1.82) is 0 Å². The molecular formula is C17H20N4O. The molecule has 1 aromatic heterocycles. The molecule has 2 aliphatic rings. The van der Waals surface area contributed by atoms with Gasteiger partial charge in [0.05, 0.1) is 0 Å². The number of piperidine rings is 1. The highest BCUT2D eigenvalue weighted by Gasteiger charge is 2.35. The summed E-state index contributed by atoms with van der Waals surface area (Å²) >= 11 is 0. The first-order valence-corrected chi connectivity index (χ1v) is 8.07. The fourth-order valence-corrected chi connectivity index (χ4v) is 3.26. The molecule has 0 bridgehead atoms. The van der Waals surface area contributed by atoms with Crippen molar-refractivity contribution in [3.8, 4) is 5.69 Å². The molecule has 1 saturated carbocycles. The summed E-state index contributed by atoms with van der Waals surface area (Å²) in [7, 11) is 0. The van der Waals surface area contributed by atoms with Gasteiger partial charge in [0, 0.05) is 30.6 Å². The van der Waals surface area contributed by atoms with E-state index in [0.717, 1.165) is 50.3 Å². The largest absolute Gasteiger partial charge is 0.342 e. The number of carbonyl (C=O) groups excluding carboxylic acids is 1. The zero-order valence-electron chi connectivity index (χ0n) is 12.6. The number of likely N-dealkylation sites (tertiary alicyclic amines) is 1. The van der Waals surface area contributed by atoms with Gasteiger partial charge >= 0.3 is 0 Å². The van der Waals surface area contributed by atoms with Crippen molar-refractivity contribution in [2.24, 2.45) is 5.92 Å². The second kappa shape index (κ2) is 5.55. The van der Waals surface area contributed by atoms with Crippen LogP contribution in [0.3, 0.4) is 0 Å². The second-order valence-corrected chi connectivity index (χ2v) is 6.27. The molecule has 2 fully saturated rings. The summed E-state index contributed by atoms with van der Waals surface area (Å²) in [6, 6.07) is 10.2. The van der Waals surface area contributed by atoms with Crippen LogP contribution >= 0.6 is 0 Å². The number of amides is 1. The summed E-state index contributed by atoms with van der Waals surface area (Å²) < 4.78 is 2.07. The Morgan fingerprint density at radius 1 is 1.05 bits per heavy atom. The maximum Gasteiger partial charge on any atom is 0.225 e. The van der Waals surface area contributed by atoms with E-state index >= 15 is 0 Å². The average molecular weight is 296 g/mol. The van der Waals surface area contributed by atoms with Crippen molar-refractivity contribution in [3.05, 3.63) is 42.5 Å². The molecule has 1 saturated heterocycles. The highest BCUT2D eigenvalue weighted by Crippen LogP contribution is 2.34. The van der Waals surface area contributed by atoms with Crippen LogP contribution in [0.25, 0.3) is 5.69 Å². The first kappa shape index (κ1) is 13.5. The van der Waals surface area contributed by atoms with Crippen LogP contribution in [0, 0.1) is 5.92 Å². The van der Waals surface area contributed by atoms with Crippen LogP contribution in [0.5, 0.6) is 0 Å². The molecule has 1 aliphatic carbocycles. The van der Waals surface area contributed by atoms with Crippen molar-refractivity contribution >= 4 is 5.91 Å². The summed E-state index contributed by atoms with van der Waals surface area (Å²) in [4.78, 5) is 14.2. The molecule has 0 N–H and O–H groups in total. The minimum atomic E-state index is 0.324. The highest BCUT2D eigenvalue weighted by molar-refractivity contribution is 5.81. The Bertz CT molecular complexity index is 654. The van der Waals surface area contributed by atoms with E-state index < -0.39 is 0 Å². The van der Waals surface area contributed by atoms with Gasteiger partial charge in [-0.25, -0.2) is 0 Å². The van der Waals surface area contributed by atoms with Crippen molar-refractivity contribution in [2.75, 3.05) is 13.1 Å². The summed E-state index contributed by atoms with van der Waals surface area (Å²) in [6.45, 7) is 1.70. The van der Waals surface area contributed by atoms with E-state index in [4.69, 9.17) is 0 Å². The van der Waals surface area contributed by atoms with Gasteiger partial charge in [-0.1, -0.05) is 18.2 Å². The number of hydrogen-bond donors (Lipinski definition) is 0. The maximum absolute atomic E-state index is 12.1. The van der Waals surface area contributed by atoms with E-state index in [1.54, 1.807) is 6.33 Å². The molecular weight excluding hydrogens is 276 g/mol. The van der Waals surface area contributed by atoms with Gasteiger partial charge in [0.2, 0.25) is 5.91 Å². The zero-order chi connectivity index (χ0) is 14.9. The number of nitrogens with zero attached hydrogens (tertiary/aromatic N) is 4. The fourth-order valence-electron chi connectivity index (χ4n) is 3.26. The molecule has 5 nitrogen and oxygen atoms in total. The predicted octanol–water partition coefficient (Wildman–Crippen LogP) is 2.38. The van der Waals surface area contributed by atoms with Crippen molar-refractivity contribution < 1.29 is 4.79 Å². The Balaban J connectivity index is 1.48. The topological polar surface area (TPSA) is 51.0 Å². The second-order valence-electron chi connectivity index (χ2n) is 6.27. The van der Waals surface area contributed by atoms with Crippen molar-refractivity contribution in [3.63, 3.8) is 0 Å². The lowest BCUT2D eigenvalue weighted by molar-refractivity contribution is -0.133. The van der Waals surface area contributed by atoms with Gasteiger partial charge in [0.25, 0.3) is 0 Å². The summed E-state index contributed by atoms with van der Waals surface area (Å²) in [6.07, 6.45) is 5.91. The Labute approximate surface area is 130 Å². The third-order valence-corrected chi connectivity index (χ3v) is 4.71. The molecule has 22 heavy (non-hydrogen) atoms. The molecule has 0 atom stereocenters. The molecule has 114 valence electrons. The third kappa shape index (κ3) is 2.51. The third-order valence-electron chi connectivity index (χ3n) is 4.71. The smallest absolute Gasteiger partial charge is 0.225 e. The Hall–Kier alpha value is -2.17. The molecule has 0 unspecified atom stereocenters. The molecule has 1 amide bonds. The Morgan fingerprint density at radius 3 is 2.45 bits per heavy atom. The van der Waals surface area contributed by atoms with E-state index in [1.807, 2.05) is 23.1 Å². The molecule has 2 heterocycles. The van der Waals surface area contributed by atoms with E-state index in [0.29, 0.717) is 17.7 Å². The van der Waals surface area contributed by atoms with Gasteiger partial charge in [0.15, 0.2) is 0 Å². The van der Waals surface area contributed by atoms with Crippen LogP contribution in [0.15, 0.2) is 36.7 Å². The Kier molecular flexibility index (Phi) is 3.41. The lowest BCUT2D eigenvalue weighted by Gasteiger charge is -2.31. The average Bonchev–Trinajstić information content (AvgIpc) is 3.32. The number of aromatic nitrogens is 3. The van der Waals surface area contributed by atoms with Crippen LogP contribution < -0.4 is 0 Å². The number of rotatable bonds is 3. The van der Waals surface area contributed by atoms with Crippen LogP contribution in [-0.2, 0) is 4.79 Å². The van der Waals surface area contributed by atoms with Gasteiger partial charge in [-0.15, -0.1) is 10.2 Å². The first-order chi connectivity index (χ1) is 10.8. The van der Waals surface area contributed by atoms with Crippen molar-refractivity contribution in [2.45, 2.75) is 31.6 Å². The number of para-hydroxylation sites is 1. The van der Waals surface area contributed by atoms with Gasteiger partial charge in [-0.3, -0.25) is 9.36 Å². The molecule has 1 aromatic carbocycles. The summed E-state index contributed by atoms with van der Waals surface area (Å²) in [5.74, 6) is 2.09. The van der Waals surface area contributed by atoms with Gasteiger partial charge in [-0.05, 0) is 37.8 Å². The van der Waals surface area contributed by atoms with Gasteiger partial charge in [-0.2, -0.15) is 0 Å². The van der Waals surface area contributed by atoms with Crippen molar-refractivity contribution in [1.82, 2.24) is 19.7 Å². The molecule has 1 aliphatic heterocycles. The predicted molar refractivity (Wildman–Crippen MR) is 82.6 cm³/mol. The zero-order valence-corrected chi connectivity index (χ0v) is 12.6. The lowest BCUT2D eigenvalue weighted by Crippen LogP contribution is -2.39. The van der Waals surface area contributed by atoms with Crippen LogP contribution in [0.4, 0.5) is 0 Å². The van der Waals surface area contributed by atoms with Crippen LogP contribution in [0.1, 0.15) is 37.4 Å².